The van der Waals surface area contributed by atoms with Crippen LogP contribution in [0.3, 0.4) is 0 Å². The maximum Gasteiger partial charge on any atom is 0.257 e. The van der Waals surface area contributed by atoms with E-state index in [-0.39, 0.29) is 6.04 Å². The summed E-state index contributed by atoms with van der Waals surface area (Å²) in [4.78, 5) is 12.6. The van der Waals surface area contributed by atoms with Gasteiger partial charge in [0.25, 0.3) is 5.91 Å². The maximum atomic E-state index is 14.1. The maximum absolute atomic E-state index is 14.1. The Kier molecular flexibility index (Phi) is 3.79. The Bertz CT molecular complexity index is 657. The Hall–Kier alpha value is -1.54. The summed E-state index contributed by atoms with van der Waals surface area (Å²) in [6.07, 6.45) is 1.61. The molecule has 0 aliphatic heterocycles. The second kappa shape index (κ2) is 5.10. The molecule has 1 aliphatic rings. The Morgan fingerprint density at radius 2 is 2.00 bits per heavy atom. The molecule has 1 fully saturated rings. The van der Waals surface area contributed by atoms with Gasteiger partial charge in [-0.1, -0.05) is 0 Å². The predicted molar refractivity (Wildman–Crippen MR) is 67.5 cm³/mol. The van der Waals surface area contributed by atoms with Crippen LogP contribution in [0.5, 0.6) is 0 Å². The topological polar surface area (TPSA) is 80.5 Å². The molecule has 2 rings (SSSR count). The first-order chi connectivity index (χ1) is 9.25. The number of amides is 1. The number of carbonyl (C=O) groups is 1. The second-order valence-corrected chi connectivity index (χ2v) is 6.16. The zero-order chi connectivity index (χ0) is 15.1. The monoisotopic (exact) mass is 304 g/mol. The van der Waals surface area contributed by atoms with E-state index in [1.807, 2.05) is 0 Å². The van der Waals surface area contributed by atoms with E-state index in [4.69, 9.17) is 5.14 Å². The van der Waals surface area contributed by atoms with Gasteiger partial charge in [0.15, 0.2) is 5.82 Å². The zero-order valence-electron chi connectivity index (χ0n) is 10.8. The van der Waals surface area contributed by atoms with Gasteiger partial charge in [0.1, 0.15) is 10.7 Å². The molecule has 110 valence electrons. The number of halogens is 2. The fraction of sp³-hybridized carbons (Fsp3) is 0.417. The first-order valence-electron chi connectivity index (χ1n) is 6.08. The summed E-state index contributed by atoms with van der Waals surface area (Å²) in [6.45, 7) is 2.05. The number of carbonyl (C=O) groups excluding carboxylic acids is 1. The van der Waals surface area contributed by atoms with Gasteiger partial charge in [-0.3, -0.25) is 4.79 Å². The van der Waals surface area contributed by atoms with Crippen LogP contribution in [0, 0.1) is 11.6 Å². The van der Waals surface area contributed by atoms with Crippen molar-refractivity contribution in [1.82, 2.24) is 4.90 Å². The second-order valence-electron chi connectivity index (χ2n) is 4.63. The average molecular weight is 304 g/mol. The highest BCUT2D eigenvalue weighted by Crippen LogP contribution is 2.29. The number of nitrogens with zero attached hydrogens (tertiary/aromatic N) is 1. The molecule has 1 aliphatic carbocycles. The lowest BCUT2D eigenvalue weighted by Crippen LogP contribution is -2.34. The van der Waals surface area contributed by atoms with E-state index in [9.17, 15) is 22.0 Å². The van der Waals surface area contributed by atoms with Gasteiger partial charge in [0.05, 0.1) is 5.56 Å². The number of rotatable bonds is 4. The summed E-state index contributed by atoms with van der Waals surface area (Å²) < 4.78 is 50.0. The summed E-state index contributed by atoms with van der Waals surface area (Å²) in [5, 5.41) is 4.82. The molecule has 1 aromatic rings. The van der Waals surface area contributed by atoms with Crippen LogP contribution in [0.25, 0.3) is 0 Å². The number of sulfonamides is 1. The molecule has 20 heavy (non-hydrogen) atoms. The van der Waals surface area contributed by atoms with E-state index in [2.05, 4.69) is 0 Å². The first-order valence-corrected chi connectivity index (χ1v) is 7.63. The van der Waals surface area contributed by atoms with Crippen molar-refractivity contribution in [1.29, 1.82) is 0 Å². The van der Waals surface area contributed by atoms with Crippen molar-refractivity contribution < 1.29 is 22.0 Å². The smallest absolute Gasteiger partial charge is 0.257 e. The number of hydrogen-bond donors (Lipinski definition) is 1. The summed E-state index contributed by atoms with van der Waals surface area (Å²) in [7, 11) is -4.43. The van der Waals surface area contributed by atoms with Crippen LogP contribution in [0.1, 0.15) is 30.1 Å². The quantitative estimate of drug-likeness (QED) is 0.908. The van der Waals surface area contributed by atoms with Crippen molar-refractivity contribution in [3.63, 3.8) is 0 Å². The minimum atomic E-state index is -4.43. The van der Waals surface area contributed by atoms with E-state index >= 15 is 0 Å². The lowest BCUT2D eigenvalue weighted by molar-refractivity contribution is 0.0746. The Labute approximate surface area is 115 Å². The summed E-state index contributed by atoms with van der Waals surface area (Å²) in [6, 6.07) is 1.17. The minimum absolute atomic E-state index is 0.00750. The molecule has 1 aromatic carbocycles. The summed E-state index contributed by atoms with van der Waals surface area (Å²) in [5.74, 6) is -3.06. The van der Waals surface area contributed by atoms with Crippen LogP contribution < -0.4 is 5.14 Å². The van der Waals surface area contributed by atoms with E-state index < -0.39 is 38.0 Å². The fourth-order valence-electron chi connectivity index (χ4n) is 2.04. The average Bonchev–Trinajstić information content (AvgIpc) is 3.15. The SMILES string of the molecule is CCN(C(=O)c1cc(F)cc(S(N)(=O)=O)c1F)C1CC1. The van der Waals surface area contributed by atoms with Crippen molar-refractivity contribution in [3.05, 3.63) is 29.3 Å². The number of primary sulfonamides is 1. The van der Waals surface area contributed by atoms with E-state index in [0.717, 1.165) is 12.8 Å². The molecule has 0 atom stereocenters. The van der Waals surface area contributed by atoms with Crippen molar-refractivity contribution in [3.8, 4) is 0 Å². The van der Waals surface area contributed by atoms with Gasteiger partial charge in [-0.15, -0.1) is 0 Å². The molecule has 0 bridgehead atoms. The third kappa shape index (κ3) is 2.80. The Morgan fingerprint density at radius 1 is 1.40 bits per heavy atom. The predicted octanol–water partition coefficient (Wildman–Crippen LogP) is 1.24. The van der Waals surface area contributed by atoms with E-state index in [0.29, 0.717) is 18.7 Å². The van der Waals surface area contributed by atoms with Gasteiger partial charge in [0.2, 0.25) is 10.0 Å². The zero-order valence-corrected chi connectivity index (χ0v) is 11.6. The number of hydrogen-bond acceptors (Lipinski definition) is 3. The van der Waals surface area contributed by atoms with Gasteiger partial charge < -0.3 is 4.90 Å². The van der Waals surface area contributed by atoms with Crippen LogP contribution in [0.4, 0.5) is 8.78 Å². The third-order valence-corrected chi connectivity index (χ3v) is 4.04. The molecular formula is C12H14F2N2O3S. The molecule has 0 radical (unpaired) electrons. The molecule has 0 saturated heterocycles. The lowest BCUT2D eigenvalue weighted by Gasteiger charge is -2.21. The van der Waals surface area contributed by atoms with Crippen LogP contribution in [0.15, 0.2) is 17.0 Å². The highest BCUT2D eigenvalue weighted by atomic mass is 32.2. The molecular weight excluding hydrogens is 290 g/mol. The van der Waals surface area contributed by atoms with Crippen molar-refractivity contribution in [2.24, 2.45) is 5.14 Å². The highest BCUT2D eigenvalue weighted by molar-refractivity contribution is 7.89. The minimum Gasteiger partial charge on any atom is -0.336 e. The number of nitrogens with two attached hydrogens (primary N) is 1. The van der Waals surface area contributed by atoms with Gasteiger partial charge in [-0.2, -0.15) is 0 Å². The molecule has 8 heteroatoms. The standard InChI is InChI=1S/C12H14F2N2O3S/c1-2-16(8-3-4-8)12(17)9-5-7(13)6-10(11(9)14)20(15,18)19/h5-6,8H,2-4H2,1H3,(H2,15,18,19). The third-order valence-electron chi connectivity index (χ3n) is 3.13. The molecule has 2 N–H and O–H groups in total. The summed E-state index contributed by atoms with van der Waals surface area (Å²) >= 11 is 0. The molecule has 1 saturated carbocycles. The number of benzene rings is 1. The van der Waals surface area contributed by atoms with Crippen LogP contribution in [0.2, 0.25) is 0 Å². The Balaban J connectivity index is 2.51. The fourth-order valence-corrected chi connectivity index (χ4v) is 2.67. The van der Waals surface area contributed by atoms with E-state index in [1.54, 1.807) is 6.92 Å². The van der Waals surface area contributed by atoms with Crippen LogP contribution in [-0.4, -0.2) is 31.8 Å². The highest BCUT2D eigenvalue weighted by Gasteiger charge is 2.34. The molecule has 1 amide bonds. The molecule has 0 heterocycles. The van der Waals surface area contributed by atoms with E-state index in [1.165, 1.54) is 4.90 Å². The first kappa shape index (κ1) is 14.9. The van der Waals surface area contributed by atoms with Crippen molar-refractivity contribution >= 4 is 15.9 Å². The molecule has 0 unspecified atom stereocenters. The largest absolute Gasteiger partial charge is 0.336 e. The van der Waals surface area contributed by atoms with Crippen LogP contribution >= 0.6 is 0 Å². The van der Waals surface area contributed by atoms with Gasteiger partial charge >= 0.3 is 0 Å². The molecule has 5 nitrogen and oxygen atoms in total. The Morgan fingerprint density at radius 3 is 2.45 bits per heavy atom. The van der Waals surface area contributed by atoms with Gasteiger partial charge in [0, 0.05) is 12.6 Å². The van der Waals surface area contributed by atoms with Gasteiger partial charge in [-0.25, -0.2) is 22.3 Å². The molecule has 0 aromatic heterocycles. The van der Waals surface area contributed by atoms with Crippen LogP contribution in [-0.2, 0) is 10.0 Å². The normalized spacial score (nSPS) is 15.2. The van der Waals surface area contributed by atoms with Gasteiger partial charge in [-0.05, 0) is 31.9 Å². The van der Waals surface area contributed by atoms with Crippen molar-refractivity contribution in [2.45, 2.75) is 30.7 Å². The lowest BCUT2D eigenvalue weighted by atomic mass is 10.1. The van der Waals surface area contributed by atoms with Crippen molar-refractivity contribution in [2.75, 3.05) is 6.54 Å². The molecule has 0 spiro atoms. The summed E-state index contributed by atoms with van der Waals surface area (Å²) in [5.41, 5.74) is -0.609.